The Bertz CT molecular complexity index is 585. The van der Waals surface area contributed by atoms with Gasteiger partial charge in [0.05, 0.1) is 0 Å². The van der Waals surface area contributed by atoms with E-state index in [2.05, 4.69) is 39.0 Å². The minimum Gasteiger partial charge on any atom is -0.300 e. The average Bonchev–Trinajstić information content (AvgIpc) is 2.77. The number of carbonyl (C=O) groups excluding carboxylic acids is 1. The van der Waals surface area contributed by atoms with Crippen LogP contribution in [0.5, 0.6) is 0 Å². The first-order chi connectivity index (χ1) is 10.9. The zero-order valence-corrected chi connectivity index (χ0v) is 15.3. The fourth-order valence-electron chi connectivity index (χ4n) is 7.57. The number of hydrogen-bond donors (Lipinski definition) is 0. The molecule has 1 nitrogen and oxygen atoms in total. The maximum Gasteiger partial charge on any atom is 0.133 e. The smallest absolute Gasteiger partial charge is 0.133 e. The van der Waals surface area contributed by atoms with E-state index in [0.29, 0.717) is 23.0 Å². The first kappa shape index (κ1) is 15.7. The first-order valence-electron chi connectivity index (χ1n) is 9.75. The second-order valence-corrected chi connectivity index (χ2v) is 9.41. The zero-order valence-electron chi connectivity index (χ0n) is 15.3. The summed E-state index contributed by atoms with van der Waals surface area (Å²) in [5.74, 6) is 3.72. The van der Waals surface area contributed by atoms with Gasteiger partial charge in [0, 0.05) is 11.3 Å². The third kappa shape index (κ3) is 2.01. The minimum absolute atomic E-state index is 0.266. The molecule has 126 valence electrons. The summed E-state index contributed by atoms with van der Waals surface area (Å²) in [5, 5.41) is 0. The van der Waals surface area contributed by atoms with E-state index in [4.69, 9.17) is 0 Å². The van der Waals surface area contributed by atoms with Crippen molar-refractivity contribution in [2.24, 2.45) is 40.4 Å². The predicted molar refractivity (Wildman–Crippen MR) is 94.9 cm³/mol. The first-order valence-corrected chi connectivity index (χ1v) is 9.75. The largest absolute Gasteiger partial charge is 0.300 e. The summed E-state index contributed by atoms with van der Waals surface area (Å²) in [6, 6.07) is 0. The second kappa shape index (κ2) is 5.07. The highest BCUT2D eigenvalue weighted by Gasteiger charge is 2.60. The second-order valence-electron chi connectivity index (χ2n) is 9.41. The van der Waals surface area contributed by atoms with E-state index in [-0.39, 0.29) is 5.41 Å². The normalized spacial score (nSPS) is 51.5. The lowest BCUT2D eigenvalue weighted by molar-refractivity contribution is -0.128. The molecule has 0 aliphatic heterocycles. The molecule has 3 saturated carbocycles. The van der Waals surface area contributed by atoms with Gasteiger partial charge in [0.2, 0.25) is 0 Å². The van der Waals surface area contributed by atoms with E-state index < -0.39 is 0 Å². The van der Waals surface area contributed by atoms with Crippen LogP contribution in [0.1, 0.15) is 66.2 Å². The summed E-state index contributed by atoms with van der Waals surface area (Å²) < 4.78 is 0. The molecule has 4 rings (SSSR count). The van der Waals surface area contributed by atoms with Gasteiger partial charge in [-0.3, -0.25) is 4.79 Å². The van der Waals surface area contributed by atoms with Crippen LogP contribution in [0, 0.1) is 40.4 Å². The van der Waals surface area contributed by atoms with Gasteiger partial charge < -0.3 is 0 Å². The van der Waals surface area contributed by atoms with Crippen LogP contribution >= 0.6 is 0 Å². The maximum absolute atomic E-state index is 12.3. The molecule has 0 amide bonds. The lowest BCUT2D eigenvalue weighted by Crippen LogP contribution is -2.50. The van der Waals surface area contributed by atoms with Crippen LogP contribution in [0.2, 0.25) is 0 Å². The number of carbonyl (C=O) groups is 1. The maximum atomic E-state index is 12.3. The van der Waals surface area contributed by atoms with Crippen LogP contribution in [0.15, 0.2) is 23.8 Å². The highest BCUT2D eigenvalue weighted by atomic mass is 16.1. The van der Waals surface area contributed by atoms with Crippen molar-refractivity contribution in [2.75, 3.05) is 0 Å². The van der Waals surface area contributed by atoms with Crippen molar-refractivity contribution >= 4 is 5.78 Å². The van der Waals surface area contributed by atoms with Gasteiger partial charge in [0.1, 0.15) is 5.78 Å². The predicted octanol–water partition coefficient (Wildman–Crippen LogP) is 5.57. The quantitative estimate of drug-likeness (QED) is 0.579. The average molecular weight is 312 g/mol. The summed E-state index contributed by atoms with van der Waals surface area (Å²) in [4.78, 5) is 12.3. The van der Waals surface area contributed by atoms with Gasteiger partial charge in [-0.05, 0) is 74.5 Å². The lowest BCUT2D eigenvalue weighted by Gasteiger charge is -2.57. The Balaban J connectivity index is 1.70. The Morgan fingerprint density at radius 1 is 1.22 bits per heavy atom. The van der Waals surface area contributed by atoms with Crippen molar-refractivity contribution in [3.63, 3.8) is 0 Å². The molecule has 7 atom stereocenters. The van der Waals surface area contributed by atoms with Crippen molar-refractivity contribution < 1.29 is 4.79 Å². The van der Waals surface area contributed by atoms with Gasteiger partial charge in [-0.2, -0.15) is 0 Å². The Labute approximate surface area is 141 Å². The number of fused-ring (bicyclic) bond motifs is 5. The molecule has 3 fully saturated rings. The Kier molecular flexibility index (Phi) is 3.45. The number of ketones is 1. The zero-order chi connectivity index (χ0) is 16.4. The summed E-state index contributed by atoms with van der Waals surface area (Å²) in [6.45, 7) is 9.12. The molecule has 23 heavy (non-hydrogen) atoms. The van der Waals surface area contributed by atoms with Crippen molar-refractivity contribution in [2.45, 2.75) is 66.2 Å². The summed E-state index contributed by atoms with van der Waals surface area (Å²) in [6.07, 6.45) is 15.0. The molecular formula is C22H32O. The summed E-state index contributed by atoms with van der Waals surface area (Å²) in [7, 11) is 0. The fraction of sp³-hybridized carbons (Fsp3) is 0.773. The number of allylic oxidation sites excluding steroid dienone is 4. The monoisotopic (exact) mass is 312 g/mol. The van der Waals surface area contributed by atoms with Crippen LogP contribution in [0.3, 0.4) is 0 Å². The highest BCUT2D eigenvalue weighted by Crippen LogP contribution is 2.67. The molecule has 0 unspecified atom stereocenters. The van der Waals surface area contributed by atoms with Crippen LogP contribution in [0.4, 0.5) is 0 Å². The molecular weight excluding hydrogens is 280 g/mol. The molecule has 0 aromatic rings. The van der Waals surface area contributed by atoms with Crippen molar-refractivity contribution in [1.29, 1.82) is 0 Å². The van der Waals surface area contributed by atoms with Crippen LogP contribution < -0.4 is 0 Å². The standard InChI is InChI=1S/C22H32O/c1-14-13-19-17-9-8-16-7-5-6-11-21(16,3)18(17)10-12-22(19,4)20(14)15(2)23/h6-7,11,14,17-20H,5,8-10,12-13H2,1-4H3/t14-,17-,18+,19+,20-,21+,22+/m1/s1. The van der Waals surface area contributed by atoms with Crippen molar-refractivity contribution in [1.82, 2.24) is 0 Å². The third-order valence-electron chi connectivity index (χ3n) is 8.39. The molecule has 1 heteroatoms. The highest BCUT2D eigenvalue weighted by molar-refractivity contribution is 5.80. The van der Waals surface area contributed by atoms with E-state index in [1.54, 1.807) is 5.57 Å². The van der Waals surface area contributed by atoms with Gasteiger partial charge in [-0.1, -0.05) is 44.6 Å². The summed E-state index contributed by atoms with van der Waals surface area (Å²) in [5.41, 5.74) is 2.28. The topological polar surface area (TPSA) is 17.1 Å². The van der Waals surface area contributed by atoms with Gasteiger partial charge >= 0.3 is 0 Å². The Morgan fingerprint density at radius 2 is 2.00 bits per heavy atom. The van der Waals surface area contributed by atoms with E-state index in [0.717, 1.165) is 24.2 Å². The van der Waals surface area contributed by atoms with Crippen LogP contribution in [-0.2, 0) is 4.79 Å². The van der Waals surface area contributed by atoms with Crippen LogP contribution in [0.25, 0.3) is 0 Å². The molecule has 0 radical (unpaired) electrons. The van der Waals surface area contributed by atoms with Gasteiger partial charge in [-0.15, -0.1) is 0 Å². The molecule has 0 heterocycles. The molecule has 0 saturated heterocycles. The molecule has 0 aromatic carbocycles. The van der Waals surface area contributed by atoms with Gasteiger partial charge in [0.25, 0.3) is 0 Å². The van der Waals surface area contributed by atoms with Gasteiger partial charge in [-0.25, -0.2) is 0 Å². The van der Waals surface area contributed by atoms with Gasteiger partial charge in [0.15, 0.2) is 0 Å². The number of Topliss-reactive ketones (excluding diaryl/α,β-unsaturated/α-hetero) is 1. The fourth-order valence-corrected chi connectivity index (χ4v) is 7.57. The Hall–Kier alpha value is -0.850. The molecule has 0 aromatic heterocycles. The molecule has 0 bridgehead atoms. The van der Waals surface area contributed by atoms with Crippen molar-refractivity contribution in [3.05, 3.63) is 23.8 Å². The molecule has 0 spiro atoms. The molecule has 4 aliphatic rings. The third-order valence-corrected chi connectivity index (χ3v) is 8.39. The Morgan fingerprint density at radius 3 is 2.74 bits per heavy atom. The van der Waals surface area contributed by atoms with E-state index in [1.807, 2.05) is 6.92 Å². The number of hydrogen-bond acceptors (Lipinski definition) is 1. The van der Waals surface area contributed by atoms with E-state index in [1.165, 1.54) is 32.1 Å². The SMILES string of the molecule is CC(=O)[C@H]1[C@H](C)C[C@H]2[C@@H]3CCC4=CCC=C[C@]4(C)[C@H]3CC[C@@]21C. The lowest BCUT2D eigenvalue weighted by atomic mass is 9.47. The van der Waals surface area contributed by atoms with E-state index >= 15 is 0 Å². The van der Waals surface area contributed by atoms with Crippen molar-refractivity contribution in [3.8, 4) is 0 Å². The molecule has 0 N–H and O–H groups in total. The summed E-state index contributed by atoms with van der Waals surface area (Å²) >= 11 is 0. The minimum atomic E-state index is 0.266. The molecule has 4 aliphatic carbocycles. The van der Waals surface area contributed by atoms with E-state index in [9.17, 15) is 4.79 Å². The van der Waals surface area contributed by atoms with Crippen LogP contribution in [-0.4, -0.2) is 5.78 Å². The number of rotatable bonds is 1.